The van der Waals surface area contributed by atoms with Crippen molar-refractivity contribution in [2.24, 2.45) is 0 Å². The SMILES string of the molecule is [N]c1ccc2nccc(C#N)c2c1. The van der Waals surface area contributed by atoms with Crippen LogP contribution in [0.4, 0.5) is 5.69 Å². The summed E-state index contributed by atoms with van der Waals surface area (Å²) in [7, 11) is 0. The third-order valence-electron chi connectivity index (χ3n) is 1.85. The summed E-state index contributed by atoms with van der Waals surface area (Å²) in [6, 6.07) is 8.45. The summed E-state index contributed by atoms with van der Waals surface area (Å²) in [5, 5.41) is 9.45. The first-order valence-electron chi connectivity index (χ1n) is 3.79. The monoisotopic (exact) mass is 167 g/mol. The molecule has 0 unspecified atom stereocenters. The van der Waals surface area contributed by atoms with Crippen molar-refractivity contribution in [3.8, 4) is 6.07 Å². The van der Waals surface area contributed by atoms with Crippen LogP contribution >= 0.6 is 0 Å². The molecule has 1 aromatic heterocycles. The van der Waals surface area contributed by atoms with Crippen LogP contribution in [0, 0.1) is 11.3 Å². The summed E-state index contributed by atoms with van der Waals surface area (Å²) in [6.07, 6.45) is 1.58. The number of benzene rings is 1. The lowest BCUT2D eigenvalue weighted by Gasteiger charge is -1.97. The zero-order valence-corrected chi connectivity index (χ0v) is 6.73. The summed E-state index contributed by atoms with van der Waals surface area (Å²) in [5.41, 5.74) is 10.6. The molecule has 2 aromatic rings. The van der Waals surface area contributed by atoms with E-state index in [0.717, 1.165) is 5.52 Å². The van der Waals surface area contributed by atoms with Gasteiger partial charge in [-0.05, 0) is 24.3 Å². The first-order valence-corrected chi connectivity index (χ1v) is 3.79. The molecule has 0 atom stereocenters. The van der Waals surface area contributed by atoms with Crippen molar-refractivity contribution in [1.82, 2.24) is 10.7 Å². The van der Waals surface area contributed by atoms with Crippen LogP contribution in [0.1, 0.15) is 5.56 Å². The maximum absolute atomic E-state index is 9.21. The van der Waals surface area contributed by atoms with Crippen molar-refractivity contribution >= 4 is 16.6 Å². The average molecular weight is 167 g/mol. The van der Waals surface area contributed by atoms with E-state index in [2.05, 4.69) is 4.98 Å². The fraction of sp³-hybridized carbons (Fsp3) is 0. The fourth-order valence-electron chi connectivity index (χ4n) is 1.23. The maximum Gasteiger partial charge on any atom is 0.0999 e. The van der Waals surface area contributed by atoms with Crippen LogP contribution in [0.5, 0.6) is 0 Å². The van der Waals surface area contributed by atoms with Gasteiger partial charge in [-0.15, -0.1) is 0 Å². The number of rotatable bonds is 0. The van der Waals surface area contributed by atoms with Gasteiger partial charge in [0.05, 0.1) is 22.8 Å². The molecule has 1 aromatic carbocycles. The van der Waals surface area contributed by atoms with Gasteiger partial charge in [-0.3, -0.25) is 4.98 Å². The smallest absolute Gasteiger partial charge is 0.0999 e. The third-order valence-corrected chi connectivity index (χ3v) is 1.85. The predicted octanol–water partition coefficient (Wildman–Crippen LogP) is 1.81. The highest BCUT2D eigenvalue weighted by Crippen LogP contribution is 2.19. The van der Waals surface area contributed by atoms with Crippen LogP contribution < -0.4 is 5.73 Å². The van der Waals surface area contributed by atoms with E-state index in [1.807, 2.05) is 6.07 Å². The molecule has 0 fully saturated rings. The highest BCUT2D eigenvalue weighted by atomic mass is 14.7. The first-order chi connectivity index (χ1) is 6.31. The Balaban J connectivity index is 2.89. The van der Waals surface area contributed by atoms with Crippen molar-refractivity contribution in [3.63, 3.8) is 0 Å². The van der Waals surface area contributed by atoms with E-state index >= 15 is 0 Å². The first kappa shape index (κ1) is 7.56. The molecule has 3 heteroatoms. The minimum absolute atomic E-state index is 0.150. The number of aromatic nitrogens is 1. The molecule has 0 amide bonds. The Morgan fingerprint density at radius 1 is 1.23 bits per heavy atom. The Morgan fingerprint density at radius 3 is 2.85 bits per heavy atom. The molecule has 0 saturated heterocycles. The van der Waals surface area contributed by atoms with E-state index in [1.165, 1.54) is 0 Å². The zero-order chi connectivity index (χ0) is 9.26. The van der Waals surface area contributed by atoms with E-state index < -0.39 is 0 Å². The highest BCUT2D eigenvalue weighted by Gasteiger charge is 2.01. The molecular formula is C10H5N3. The number of nitrogens with zero attached hydrogens (tertiary/aromatic N) is 3. The lowest BCUT2D eigenvalue weighted by Crippen LogP contribution is -1.83. The zero-order valence-electron chi connectivity index (χ0n) is 6.73. The normalized spacial score (nSPS) is 9.77. The van der Waals surface area contributed by atoms with Gasteiger partial charge in [-0.2, -0.15) is 11.0 Å². The maximum atomic E-state index is 9.21. The molecule has 1 heterocycles. The van der Waals surface area contributed by atoms with Gasteiger partial charge in [0.15, 0.2) is 0 Å². The summed E-state index contributed by atoms with van der Waals surface area (Å²) in [4.78, 5) is 4.07. The second kappa shape index (κ2) is 2.76. The van der Waals surface area contributed by atoms with E-state index in [9.17, 15) is 5.73 Å². The van der Waals surface area contributed by atoms with Crippen LogP contribution in [-0.4, -0.2) is 4.98 Å². The lowest BCUT2D eigenvalue weighted by molar-refractivity contribution is 1.38. The van der Waals surface area contributed by atoms with Crippen LogP contribution in [0.15, 0.2) is 30.5 Å². The number of hydrogen-bond donors (Lipinski definition) is 0. The van der Waals surface area contributed by atoms with Gasteiger partial charge < -0.3 is 0 Å². The lowest BCUT2D eigenvalue weighted by atomic mass is 10.1. The molecule has 2 radical (unpaired) electrons. The second-order valence-electron chi connectivity index (χ2n) is 2.67. The minimum Gasteiger partial charge on any atom is -0.256 e. The molecule has 13 heavy (non-hydrogen) atoms. The number of pyridine rings is 1. The molecule has 0 aliphatic heterocycles. The van der Waals surface area contributed by atoms with Crippen molar-refractivity contribution < 1.29 is 0 Å². The number of nitriles is 1. The van der Waals surface area contributed by atoms with Crippen LogP contribution in [-0.2, 0) is 0 Å². The molecule has 0 saturated carbocycles. The van der Waals surface area contributed by atoms with E-state index in [1.54, 1.807) is 30.5 Å². The Morgan fingerprint density at radius 2 is 2.08 bits per heavy atom. The topological polar surface area (TPSA) is 59.0 Å². The largest absolute Gasteiger partial charge is 0.256 e. The predicted molar refractivity (Wildman–Crippen MR) is 48.3 cm³/mol. The molecular weight excluding hydrogens is 162 g/mol. The van der Waals surface area contributed by atoms with Crippen LogP contribution in [0.2, 0.25) is 0 Å². The minimum atomic E-state index is 0.150. The average Bonchev–Trinajstić information content (AvgIpc) is 2.17. The molecule has 0 aliphatic rings. The Labute approximate surface area is 75.4 Å². The van der Waals surface area contributed by atoms with Gasteiger partial charge in [-0.1, -0.05) is 0 Å². The number of hydrogen-bond acceptors (Lipinski definition) is 2. The molecule has 3 nitrogen and oxygen atoms in total. The van der Waals surface area contributed by atoms with Gasteiger partial charge in [0.25, 0.3) is 0 Å². The summed E-state index contributed by atoms with van der Waals surface area (Å²) < 4.78 is 0. The molecule has 0 bridgehead atoms. The van der Waals surface area contributed by atoms with Gasteiger partial charge in [0.1, 0.15) is 0 Å². The van der Waals surface area contributed by atoms with E-state index in [0.29, 0.717) is 10.9 Å². The molecule has 0 aliphatic carbocycles. The Kier molecular flexibility index (Phi) is 1.60. The van der Waals surface area contributed by atoms with E-state index in [-0.39, 0.29) is 5.69 Å². The van der Waals surface area contributed by atoms with Crippen molar-refractivity contribution in [3.05, 3.63) is 36.0 Å². The summed E-state index contributed by atoms with van der Waals surface area (Å²) in [5.74, 6) is 0. The Hall–Kier alpha value is -2.08. The van der Waals surface area contributed by atoms with Gasteiger partial charge >= 0.3 is 0 Å². The van der Waals surface area contributed by atoms with Crippen molar-refractivity contribution in [2.75, 3.05) is 0 Å². The van der Waals surface area contributed by atoms with E-state index in [4.69, 9.17) is 5.26 Å². The third kappa shape index (κ3) is 1.18. The summed E-state index contributed by atoms with van der Waals surface area (Å²) >= 11 is 0. The Bertz CT molecular complexity index is 497. The second-order valence-corrected chi connectivity index (χ2v) is 2.67. The fourth-order valence-corrected chi connectivity index (χ4v) is 1.23. The van der Waals surface area contributed by atoms with Gasteiger partial charge in [0, 0.05) is 11.6 Å². The highest BCUT2D eigenvalue weighted by molar-refractivity contribution is 5.86. The molecule has 2 rings (SSSR count). The molecule has 60 valence electrons. The molecule has 0 spiro atoms. The molecule has 0 N–H and O–H groups in total. The van der Waals surface area contributed by atoms with Crippen LogP contribution in [0.25, 0.3) is 10.9 Å². The van der Waals surface area contributed by atoms with Gasteiger partial charge in [0.2, 0.25) is 0 Å². The van der Waals surface area contributed by atoms with Gasteiger partial charge in [-0.25, -0.2) is 0 Å². The quantitative estimate of drug-likeness (QED) is 0.600. The standard InChI is InChI=1S/C10H5N3/c11-6-7-3-4-13-10-2-1-8(12)5-9(7)10/h1-5H. The number of fused-ring (bicyclic) bond motifs is 1. The van der Waals surface area contributed by atoms with Crippen molar-refractivity contribution in [2.45, 2.75) is 0 Å². The van der Waals surface area contributed by atoms with Crippen LogP contribution in [0.3, 0.4) is 0 Å². The summed E-state index contributed by atoms with van der Waals surface area (Å²) in [6.45, 7) is 0. The van der Waals surface area contributed by atoms with Crippen molar-refractivity contribution in [1.29, 1.82) is 5.26 Å².